The van der Waals surface area contributed by atoms with Crippen LogP contribution in [0.3, 0.4) is 0 Å². The van der Waals surface area contributed by atoms with Gasteiger partial charge in [-0.2, -0.15) is 0 Å². The van der Waals surface area contributed by atoms with Gasteiger partial charge in [0.2, 0.25) is 0 Å². The zero-order chi connectivity index (χ0) is 14.4. The van der Waals surface area contributed by atoms with E-state index in [-0.39, 0.29) is 0 Å². The van der Waals surface area contributed by atoms with E-state index in [1.54, 1.807) is 6.20 Å². The van der Waals surface area contributed by atoms with Crippen molar-refractivity contribution in [2.45, 2.75) is 0 Å². The molecule has 0 atom stereocenters. The summed E-state index contributed by atoms with van der Waals surface area (Å²) < 4.78 is 3.72. The van der Waals surface area contributed by atoms with Crippen molar-refractivity contribution in [2.24, 2.45) is 0 Å². The van der Waals surface area contributed by atoms with Crippen LogP contribution in [0, 0.1) is 4.77 Å². The van der Waals surface area contributed by atoms with Crippen LogP contribution in [0.25, 0.3) is 27.6 Å². The second-order valence-electron chi connectivity index (χ2n) is 4.78. The Bertz CT molecular complexity index is 1030. The molecule has 4 aromatic rings. The van der Waals surface area contributed by atoms with Crippen molar-refractivity contribution < 1.29 is 0 Å². The van der Waals surface area contributed by atoms with Gasteiger partial charge >= 0.3 is 0 Å². The third-order valence-corrected chi connectivity index (χ3v) is 4.28. The Morgan fingerprint density at radius 1 is 1.10 bits per heavy atom. The predicted octanol–water partition coefficient (Wildman–Crippen LogP) is 5.00. The molecular formula is C16H10BrN3S. The molecular weight excluding hydrogens is 346 g/mol. The number of nitrogens with zero attached hydrogens (tertiary/aromatic N) is 2. The second kappa shape index (κ2) is 4.79. The lowest BCUT2D eigenvalue weighted by atomic mass is 10.2. The van der Waals surface area contributed by atoms with E-state index in [1.807, 2.05) is 34.9 Å². The maximum Gasteiger partial charge on any atom is 0.182 e. The first kappa shape index (κ1) is 12.7. The van der Waals surface area contributed by atoms with Gasteiger partial charge in [0.25, 0.3) is 0 Å². The highest BCUT2D eigenvalue weighted by molar-refractivity contribution is 9.10. The summed E-state index contributed by atoms with van der Waals surface area (Å²) >= 11 is 9.03. The van der Waals surface area contributed by atoms with Crippen LogP contribution < -0.4 is 0 Å². The summed E-state index contributed by atoms with van der Waals surface area (Å²) in [7, 11) is 0. The Hall–Kier alpha value is -1.98. The Kier molecular flexibility index (Phi) is 2.90. The van der Waals surface area contributed by atoms with Gasteiger partial charge in [0.1, 0.15) is 0 Å². The largest absolute Gasteiger partial charge is 0.330 e. The normalized spacial score (nSPS) is 11.3. The van der Waals surface area contributed by atoms with Crippen molar-refractivity contribution >= 4 is 50.1 Å². The molecule has 0 unspecified atom stereocenters. The molecule has 0 fully saturated rings. The van der Waals surface area contributed by atoms with Crippen LogP contribution >= 0.6 is 28.1 Å². The Morgan fingerprint density at radius 3 is 2.86 bits per heavy atom. The Labute approximate surface area is 134 Å². The van der Waals surface area contributed by atoms with E-state index in [2.05, 4.69) is 44.1 Å². The van der Waals surface area contributed by atoms with Crippen molar-refractivity contribution in [3.05, 3.63) is 64.0 Å². The number of rotatable bonds is 1. The van der Waals surface area contributed by atoms with Gasteiger partial charge in [-0.25, -0.2) is 0 Å². The molecule has 0 spiro atoms. The average molecular weight is 356 g/mol. The molecule has 2 aromatic heterocycles. The molecule has 0 aliphatic carbocycles. The Morgan fingerprint density at radius 2 is 1.95 bits per heavy atom. The van der Waals surface area contributed by atoms with Crippen LogP contribution in [-0.2, 0) is 0 Å². The smallest absolute Gasteiger partial charge is 0.182 e. The quantitative estimate of drug-likeness (QED) is 0.487. The van der Waals surface area contributed by atoms with Crippen LogP contribution in [0.1, 0.15) is 0 Å². The molecule has 5 heteroatoms. The first-order chi connectivity index (χ1) is 10.2. The van der Waals surface area contributed by atoms with Crippen molar-refractivity contribution in [2.75, 3.05) is 0 Å². The fraction of sp³-hybridized carbons (Fsp3) is 0. The minimum absolute atomic E-state index is 0.668. The molecule has 1 N–H and O–H groups in total. The monoisotopic (exact) mass is 355 g/mol. The summed E-state index contributed by atoms with van der Waals surface area (Å²) in [5.41, 5.74) is 3.98. The number of benzene rings is 2. The second-order valence-corrected chi connectivity index (χ2v) is 6.08. The zero-order valence-electron chi connectivity index (χ0n) is 10.9. The first-order valence-electron chi connectivity index (χ1n) is 6.48. The van der Waals surface area contributed by atoms with Crippen molar-refractivity contribution in [1.29, 1.82) is 0 Å². The number of hydrogen-bond acceptors (Lipinski definition) is 2. The fourth-order valence-corrected chi connectivity index (χ4v) is 3.24. The third kappa shape index (κ3) is 2.01. The van der Waals surface area contributed by atoms with Gasteiger partial charge in [-0.05, 0) is 42.5 Å². The van der Waals surface area contributed by atoms with Gasteiger partial charge in [-0.3, -0.25) is 9.55 Å². The van der Waals surface area contributed by atoms with Crippen molar-refractivity contribution in [3.8, 4) is 5.69 Å². The minimum atomic E-state index is 0.668. The molecule has 2 heterocycles. The summed E-state index contributed by atoms with van der Waals surface area (Å²) in [6.45, 7) is 0. The number of aromatic nitrogens is 3. The molecule has 0 aliphatic rings. The molecule has 4 rings (SSSR count). The SMILES string of the molecule is S=c1[nH]c2ccc(Br)cc2n1-c1cccc2cccnc12. The molecule has 21 heavy (non-hydrogen) atoms. The molecule has 0 amide bonds. The first-order valence-corrected chi connectivity index (χ1v) is 7.68. The molecule has 0 saturated carbocycles. The van der Waals surface area contributed by atoms with Gasteiger partial charge in [0.05, 0.1) is 22.2 Å². The number of H-pyrrole nitrogens is 1. The van der Waals surface area contributed by atoms with Gasteiger partial charge in [-0.15, -0.1) is 0 Å². The lowest BCUT2D eigenvalue weighted by molar-refractivity contribution is 1.07. The number of aromatic amines is 1. The van der Waals surface area contributed by atoms with E-state index in [4.69, 9.17) is 12.2 Å². The lowest BCUT2D eigenvalue weighted by Crippen LogP contribution is -1.96. The van der Waals surface area contributed by atoms with Crippen molar-refractivity contribution in [1.82, 2.24) is 14.5 Å². The number of imidazole rings is 1. The Balaban J connectivity index is 2.16. The number of hydrogen-bond donors (Lipinski definition) is 1. The molecule has 102 valence electrons. The van der Waals surface area contributed by atoms with E-state index < -0.39 is 0 Å². The standard InChI is InChI=1S/C16H10BrN3S/c17-11-6-7-12-14(9-11)20(16(21)19-12)13-5-1-3-10-4-2-8-18-15(10)13/h1-9H,(H,19,21). The topological polar surface area (TPSA) is 33.6 Å². The zero-order valence-corrected chi connectivity index (χ0v) is 13.3. The molecule has 0 radical (unpaired) electrons. The van der Waals surface area contributed by atoms with Gasteiger partial charge in [0.15, 0.2) is 4.77 Å². The van der Waals surface area contributed by atoms with E-state index in [1.165, 1.54) is 0 Å². The lowest BCUT2D eigenvalue weighted by Gasteiger charge is -2.08. The van der Waals surface area contributed by atoms with E-state index in [0.29, 0.717) is 4.77 Å². The van der Waals surface area contributed by atoms with Gasteiger partial charge < -0.3 is 4.98 Å². The molecule has 2 aromatic carbocycles. The van der Waals surface area contributed by atoms with Crippen LogP contribution in [-0.4, -0.2) is 14.5 Å². The molecule has 0 bridgehead atoms. The molecule has 0 aliphatic heterocycles. The van der Waals surface area contributed by atoms with Crippen LogP contribution in [0.5, 0.6) is 0 Å². The van der Waals surface area contributed by atoms with E-state index in [9.17, 15) is 0 Å². The van der Waals surface area contributed by atoms with E-state index >= 15 is 0 Å². The van der Waals surface area contributed by atoms with Crippen molar-refractivity contribution in [3.63, 3.8) is 0 Å². The minimum Gasteiger partial charge on any atom is -0.330 e. The number of halogens is 1. The number of para-hydroxylation sites is 1. The summed E-state index contributed by atoms with van der Waals surface area (Å²) in [4.78, 5) is 7.76. The number of fused-ring (bicyclic) bond motifs is 2. The van der Waals surface area contributed by atoms with Crippen LogP contribution in [0.15, 0.2) is 59.2 Å². The maximum absolute atomic E-state index is 5.51. The number of pyridine rings is 1. The van der Waals surface area contributed by atoms with E-state index in [0.717, 1.165) is 32.1 Å². The predicted molar refractivity (Wildman–Crippen MR) is 91.5 cm³/mol. The fourth-order valence-electron chi connectivity index (χ4n) is 2.58. The van der Waals surface area contributed by atoms with Gasteiger partial charge in [0, 0.05) is 16.1 Å². The van der Waals surface area contributed by atoms with Gasteiger partial charge in [-0.1, -0.05) is 34.1 Å². The summed E-state index contributed by atoms with van der Waals surface area (Å²) in [6, 6.07) is 16.2. The number of nitrogens with one attached hydrogen (secondary N) is 1. The van der Waals surface area contributed by atoms with Crippen LogP contribution in [0.2, 0.25) is 0 Å². The summed E-state index contributed by atoms with van der Waals surface area (Å²) in [5, 5.41) is 1.10. The maximum atomic E-state index is 5.51. The molecule has 0 saturated heterocycles. The average Bonchev–Trinajstić information content (AvgIpc) is 2.82. The van der Waals surface area contributed by atoms with Crippen LogP contribution in [0.4, 0.5) is 0 Å². The molecule has 3 nitrogen and oxygen atoms in total. The summed E-state index contributed by atoms with van der Waals surface area (Å²) in [5.74, 6) is 0. The summed E-state index contributed by atoms with van der Waals surface area (Å²) in [6.07, 6.45) is 1.81. The highest BCUT2D eigenvalue weighted by atomic mass is 79.9. The highest BCUT2D eigenvalue weighted by Gasteiger charge is 2.10. The third-order valence-electron chi connectivity index (χ3n) is 3.50. The highest BCUT2D eigenvalue weighted by Crippen LogP contribution is 2.26.